The van der Waals surface area contributed by atoms with Crippen LogP contribution in [0, 0.1) is 13.8 Å². The van der Waals surface area contributed by atoms with Crippen LogP contribution < -0.4 is 0 Å². The van der Waals surface area contributed by atoms with E-state index in [-0.39, 0.29) is 5.75 Å². The van der Waals surface area contributed by atoms with Gasteiger partial charge in [-0.1, -0.05) is 23.7 Å². The summed E-state index contributed by atoms with van der Waals surface area (Å²) in [5.41, 5.74) is 4.29. The number of hydrogen-bond acceptors (Lipinski definition) is 4. The van der Waals surface area contributed by atoms with Crippen LogP contribution in [0.5, 0.6) is 0 Å². The molecule has 3 rings (SSSR count). The molecule has 0 N–H and O–H groups in total. The lowest BCUT2D eigenvalue weighted by Gasteiger charge is -2.34. The molecule has 27 heavy (non-hydrogen) atoms. The largest absolute Gasteiger partial charge is 0.296 e. The quantitative estimate of drug-likeness (QED) is 0.734. The molecule has 2 heterocycles. The molecule has 1 saturated heterocycles. The van der Waals surface area contributed by atoms with Gasteiger partial charge in [-0.05, 0) is 38.5 Å². The number of sulfonamides is 1. The second-order valence-corrected chi connectivity index (χ2v) is 9.43. The lowest BCUT2D eigenvalue weighted by atomic mass is 10.1. The summed E-state index contributed by atoms with van der Waals surface area (Å²) in [4.78, 5) is 2.31. The van der Waals surface area contributed by atoms with Crippen molar-refractivity contribution in [2.24, 2.45) is 0 Å². The van der Waals surface area contributed by atoms with Gasteiger partial charge in [0.2, 0.25) is 10.0 Å². The third-order valence-corrected chi connectivity index (χ3v) is 7.30. The van der Waals surface area contributed by atoms with Crippen molar-refractivity contribution >= 4 is 21.6 Å². The highest BCUT2D eigenvalue weighted by molar-refractivity contribution is 7.88. The number of aromatic nitrogens is 2. The van der Waals surface area contributed by atoms with Gasteiger partial charge >= 0.3 is 0 Å². The zero-order chi connectivity index (χ0) is 19.6. The first-order valence-electron chi connectivity index (χ1n) is 9.27. The van der Waals surface area contributed by atoms with Crippen molar-refractivity contribution in [1.82, 2.24) is 19.0 Å². The third kappa shape index (κ3) is 4.71. The molecule has 8 heteroatoms. The van der Waals surface area contributed by atoms with Gasteiger partial charge in [0.05, 0.1) is 11.4 Å². The van der Waals surface area contributed by atoms with Crippen LogP contribution in [0.2, 0.25) is 5.02 Å². The summed E-state index contributed by atoms with van der Waals surface area (Å²) in [5.74, 6) is 0.0195. The second kappa shape index (κ2) is 8.31. The minimum Gasteiger partial charge on any atom is -0.296 e. The van der Waals surface area contributed by atoms with Gasteiger partial charge in [-0.3, -0.25) is 9.58 Å². The van der Waals surface area contributed by atoms with Crippen molar-refractivity contribution in [1.29, 1.82) is 0 Å². The highest BCUT2D eigenvalue weighted by atomic mass is 35.5. The average molecular weight is 411 g/mol. The Hall–Kier alpha value is -1.41. The SMILES string of the molecule is CCn1nc(C)c(CN2CCN(S(=O)(=O)Cc3ccc(Cl)cc3)CC2)c1C. The van der Waals surface area contributed by atoms with E-state index in [4.69, 9.17) is 11.6 Å². The molecule has 6 nitrogen and oxygen atoms in total. The topological polar surface area (TPSA) is 58.4 Å². The van der Waals surface area contributed by atoms with Gasteiger partial charge in [0.25, 0.3) is 0 Å². The van der Waals surface area contributed by atoms with Crippen molar-refractivity contribution in [3.05, 3.63) is 51.8 Å². The fourth-order valence-electron chi connectivity index (χ4n) is 3.54. The van der Waals surface area contributed by atoms with Crippen LogP contribution in [0.25, 0.3) is 0 Å². The molecular formula is C19H27ClN4O2S. The Balaban J connectivity index is 1.60. The summed E-state index contributed by atoms with van der Waals surface area (Å²) in [5, 5.41) is 5.19. The number of hydrogen-bond donors (Lipinski definition) is 0. The van der Waals surface area contributed by atoms with Gasteiger partial charge in [0, 0.05) is 55.5 Å². The average Bonchev–Trinajstić information content (AvgIpc) is 2.91. The fraction of sp³-hybridized carbons (Fsp3) is 0.526. The molecule has 0 atom stereocenters. The van der Waals surface area contributed by atoms with E-state index < -0.39 is 10.0 Å². The lowest BCUT2D eigenvalue weighted by molar-refractivity contribution is 0.181. The normalized spacial score (nSPS) is 16.7. The number of nitrogens with zero attached hydrogens (tertiary/aromatic N) is 4. The van der Waals surface area contributed by atoms with Crippen LogP contribution in [-0.4, -0.2) is 53.6 Å². The summed E-state index contributed by atoms with van der Waals surface area (Å²) in [6.07, 6.45) is 0. The molecule has 1 aromatic carbocycles. The maximum absolute atomic E-state index is 12.7. The van der Waals surface area contributed by atoms with E-state index in [9.17, 15) is 8.42 Å². The summed E-state index contributed by atoms with van der Waals surface area (Å²) in [7, 11) is -3.31. The van der Waals surface area contributed by atoms with Crippen LogP contribution in [0.4, 0.5) is 0 Å². The van der Waals surface area contributed by atoms with E-state index in [0.29, 0.717) is 18.1 Å². The van der Waals surface area contributed by atoms with Crippen molar-refractivity contribution in [3.63, 3.8) is 0 Å². The Morgan fingerprint density at radius 2 is 1.70 bits per heavy atom. The highest BCUT2D eigenvalue weighted by Gasteiger charge is 2.27. The Morgan fingerprint density at radius 1 is 1.07 bits per heavy atom. The zero-order valence-electron chi connectivity index (χ0n) is 16.2. The molecule has 0 aliphatic carbocycles. The van der Waals surface area contributed by atoms with Crippen molar-refractivity contribution in [2.75, 3.05) is 26.2 Å². The van der Waals surface area contributed by atoms with E-state index in [0.717, 1.165) is 37.4 Å². The van der Waals surface area contributed by atoms with Gasteiger partial charge in [-0.25, -0.2) is 8.42 Å². The Morgan fingerprint density at radius 3 is 2.26 bits per heavy atom. The van der Waals surface area contributed by atoms with Crippen LogP contribution in [0.15, 0.2) is 24.3 Å². The van der Waals surface area contributed by atoms with Crippen molar-refractivity contribution in [3.8, 4) is 0 Å². The molecule has 0 radical (unpaired) electrons. The van der Waals surface area contributed by atoms with Gasteiger partial charge in [0.1, 0.15) is 0 Å². The van der Waals surface area contributed by atoms with Crippen LogP contribution in [-0.2, 0) is 28.9 Å². The van der Waals surface area contributed by atoms with Crippen molar-refractivity contribution in [2.45, 2.75) is 39.6 Å². The Labute approximate surface area is 166 Å². The Bertz CT molecular complexity index is 885. The molecule has 0 spiro atoms. The van der Waals surface area contributed by atoms with E-state index in [1.54, 1.807) is 28.6 Å². The van der Waals surface area contributed by atoms with E-state index >= 15 is 0 Å². The van der Waals surface area contributed by atoms with Gasteiger partial charge in [-0.2, -0.15) is 9.40 Å². The smallest absolute Gasteiger partial charge is 0.218 e. The number of aryl methyl sites for hydroxylation is 2. The predicted octanol–water partition coefficient (Wildman–Crippen LogP) is 2.82. The first-order chi connectivity index (χ1) is 12.8. The second-order valence-electron chi connectivity index (χ2n) is 7.02. The molecule has 2 aromatic rings. The monoisotopic (exact) mass is 410 g/mol. The fourth-order valence-corrected chi connectivity index (χ4v) is 5.18. The first kappa shape index (κ1) is 20.3. The maximum Gasteiger partial charge on any atom is 0.218 e. The summed E-state index contributed by atoms with van der Waals surface area (Å²) in [6, 6.07) is 7.00. The molecule has 0 bridgehead atoms. The number of piperazine rings is 1. The van der Waals surface area contributed by atoms with E-state index in [1.807, 2.05) is 11.6 Å². The minimum atomic E-state index is -3.31. The lowest BCUT2D eigenvalue weighted by Crippen LogP contribution is -2.48. The Kier molecular flexibility index (Phi) is 6.25. The molecule has 1 fully saturated rings. The number of rotatable bonds is 6. The number of benzene rings is 1. The first-order valence-corrected chi connectivity index (χ1v) is 11.3. The van der Waals surface area contributed by atoms with Crippen LogP contribution >= 0.6 is 11.6 Å². The predicted molar refractivity (Wildman–Crippen MR) is 108 cm³/mol. The van der Waals surface area contributed by atoms with Crippen LogP contribution in [0.3, 0.4) is 0 Å². The van der Waals surface area contributed by atoms with Crippen molar-refractivity contribution < 1.29 is 8.42 Å². The van der Waals surface area contributed by atoms with Gasteiger partial charge in [0.15, 0.2) is 0 Å². The summed E-state index contributed by atoms with van der Waals surface area (Å²) < 4.78 is 29.1. The van der Waals surface area contributed by atoms with E-state index in [2.05, 4.69) is 23.8 Å². The molecule has 0 unspecified atom stereocenters. The highest BCUT2D eigenvalue weighted by Crippen LogP contribution is 2.19. The molecule has 1 aliphatic heterocycles. The molecule has 148 valence electrons. The number of halogens is 1. The third-order valence-electron chi connectivity index (χ3n) is 5.20. The van der Waals surface area contributed by atoms with E-state index in [1.165, 1.54) is 11.3 Å². The van der Waals surface area contributed by atoms with Gasteiger partial charge in [-0.15, -0.1) is 0 Å². The molecule has 1 aromatic heterocycles. The minimum absolute atomic E-state index is 0.0195. The summed E-state index contributed by atoms with van der Waals surface area (Å²) >= 11 is 5.88. The molecular weight excluding hydrogens is 384 g/mol. The standard InChI is InChI=1S/C19H27ClN4O2S/c1-4-24-16(3)19(15(2)21-24)13-22-9-11-23(12-10-22)27(25,26)14-17-5-7-18(20)8-6-17/h5-8H,4,9-14H2,1-3H3. The van der Waals surface area contributed by atoms with Gasteiger partial charge < -0.3 is 0 Å². The maximum atomic E-state index is 12.7. The summed E-state index contributed by atoms with van der Waals surface area (Å²) in [6.45, 7) is 10.4. The molecule has 0 saturated carbocycles. The molecule has 0 amide bonds. The zero-order valence-corrected chi connectivity index (χ0v) is 17.7. The van der Waals surface area contributed by atoms with Crippen LogP contribution in [0.1, 0.15) is 29.4 Å². The molecule has 1 aliphatic rings.